The van der Waals surface area contributed by atoms with E-state index < -0.39 is 0 Å². The first kappa shape index (κ1) is 5.97. The van der Waals surface area contributed by atoms with Gasteiger partial charge in [-0.3, -0.25) is 0 Å². The molecule has 0 amide bonds. The van der Waals surface area contributed by atoms with Crippen molar-refractivity contribution in [2.24, 2.45) is 0 Å². The van der Waals surface area contributed by atoms with E-state index in [9.17, 15) is 0 Å². The van der Waals surface area contributed by atoms with Crippen LogP contribution in [0.1, 0.15) is 5.69 Å². The Morgan fingerprint density at radius 2 is 2.50 bits per heavy atom. The zero-order valence-electron chi connectivity index (χ0n) is 5.50. The normalized spacial score (nSPS) is 14.5. The molecule has 0 saturated carbocycles. The average molecular weight is 154 g/mol. The number of aromatic nitrogens is 2. The molecule has 1 aromatic heterocycles. The van der Waals surface area contributed by atoms with E-state index in [4.69, 9.17) is 4.74 Å². The van der Waals surface area contributed by atoms with Gasteiger partial charge in [0.1, 0.15) is 17.3 Å². The molecule has 52 valence electrons. The molecule has 1 aliphatic rings. The molecular weight excluding hydrogens is 148 g/mol. The predicted octanol–water partition coefficient (Wildman–Crippen LogP) is 1.23. The van der Waals surface area contributed by atoms with Gasteiger partial charge in [0.05, 0.1) is 5.69 Å². The van der Waals surface area contributed by atoms with E-state index in [0.29, 0.717) is 5.94 Å². The second kappa shape index (κ2) is 2.12. The smallest absolute Gasteiger partial charge is 0.174 e. The molecule has 3 nitrogen and oxygen atoms in total. The lowest BCUT2D eigenvalue weighted by molar-refractivity contribution is 0.389. The first-order chi connectivity index (χ1) is 4.88. The van der Waals surface area contributed by atoms with Crippen LogP contribution < -0.4 is 4.74 Å². The van der Waals surface area contributed by atoms with E-state index in [1.54, 1.807) is 18.1 Å². The standard InChI is InChI=1S/C6H6N2OS/c1-4-5-6(8-2-7-4)10-3-9-5/h2H,3H2,1H3. The summed E-state index contributed by atoms with van der Waals surface area (Å²) in [7, 11) is 0. The molecule has 0 bridgehead atoms. The van der Waals surface area contributed by atoms with E-state index in [0.717, 1.165) is 16.5 Å². The molecule has 2 rings (SSSR count). The summed E-state index contributed by atoms with van der Waals surface area (Å²) in [5, 5.41) is 0.965. The van der Waals surface area contributed by atoms with Gasteiger partial charge in [-0.15, -0.1) is 0 Å². The molecule has 0 unspecified atom stereocenters. The summed E-state index contributed by atoms with van der Waals surface area (Å²) in [4.78, 5) is 8.05. The Kier molecular flexibility index (Phi) is 1.27. The van der Waals surface area contributed by atoms with Crippen LogP contribution in [0.25, 0.3) is 0 Å². The molecule has 0 spiro atoms. The summed E-state index contributed by atoms with van der Waals surface area (Å²) in [5.41, 5.74) is 0.926. The Bertz CT molecular complexity index is 264. The molecular formula is C6H6N2OS. The van der Waals surface area contributed by atoms with E-state index in [1.165, 1.54) is 0 Å². The lowest BCUT2D eigenvalue weighted by Crippen LogP contribution is -1.89. The van der Waals surface area contributed by atoms with Gasteiger partial charge in [0.15, 0.2) is 5.75 Å². The number of ether oxygens (including phenoxy) is 1. The molecule has 0 saturated heterocycles. The van der Waals surface area contributed by atoms with Crippen molar-refractivity contribution in [2.45, 2.75) is 11.9 Å². The Morgan fingerprint density at radius 3 is 3.30 bits per heavy atom. The summed E-state index contributed by atoms with van der Waals surface area (Å²) in [6.45, 7) is 1.92. The average Bonchev–Trinajstić information content (AvgIpc) is 2.36. The van der Waals surface area contributed by atoms with Crippen LogP contribution in [0.2, 0.25) is 0 Å². The number of fused-ring (bicyclic) bond motifs is 1. The summed E-state index contributed by atoms with van der Waals surface area (Å²) < 4.78 is 5.27. The number of thioether (sulfide) groups is 1. The monoisotopic (exact) mass is 154 g/mol. The Hall–Kier alpha value is -0.770. The molecule has 10 heavy (non-hydrogen) atoms. The minimum atomic E-state index is 0.675. The van der Waals surface area contributed by atoms with Crippen molar-refractivity contribution in [3.8, 4) is 5.75 Å². The van der Waals surface area contributed by atoms with Gasteiger partial charge < -0.3 is 4.74 Å². The lowest BCUT2D eigenvalue weighted by atomic mass is 10.4. The van der Waals surface area contributed by atoms with Crippen LogP contribution in [0.4, 0.5) is 0 Å². The SMILES string of the molecule is Cc1ncnc2c1OCS2. The van der Waals surface area contributed by atoms with Crippen LogP contribution in [0.3, 0.4) is 0 Å². The number of hydrogen-bond donors (Lipinski definition) is 0. The molecule has 1 aromatic rings. The largest absolute Gasteiger partial charge is 0.478 e. The second-order valence-electron chi connectivity index (χ2n) is 2.00. The lowest BCUT2D eigenvalue weighted by Gasteiger charge is -1.97. The van der Waals surface area contributed by atoms with Crippen molar-refractivity contribution in [3.63, 3.8) is 0 Å². The zero-order chi connectivity index (χ0) is 6.97. The highest BCUT2D eigenvalue weighted by Crippen LogP contribution is 2.34. The van der Waals surface area contributed by atoms with Crippen molar-refractivity contribution in [1.82, 2.24) is 9.97 Å². The van der Waals surface area contributed by atoms with Crippen LogP contribution in [-0.2, 0) is 0 Å². The van der Waals surface area contributed by atoms with Gasteiger partial charge in [-0.1, -0.05) is 11.8 Å². The number of hydrogen-bond acceptors (Lipinski definition) is 4. The third-order valence-corrected chi connectivity index (χ3v) is 2.15. The summed E-state index contributed by atoms with van der Waals surface area (Å²) in [6, 6.07) is 0. The first-order valence-electron chi connectivity index (χ1n) is 2.95. The minimum Gasteiger partial charge on any atom is -0.478 e. The maximum absolute atomic E-state index is 5.27. The van der Waals surface area contributed by atoms with Crippen molar-refractivity contribution in [1.29, 1.82) is 0 Å². The van der Waals surface area contributed by atoms with E-state index in [1.807, 2.05) is 6.92 Å². The zero-order valence-corrected chi connectivity index (χ0v) is 6.31. The molecule has 0 aromatic carbocycles. The highest BCUT2D eigenvalue weighted by molar-refractivity contribution is 7.99. The van der Waals surface area contributed by atoms with Crippen LogP contribution in [0, 0.1) is 6.92 Å². The minimum absolute atomic E-state index is 0.675. The fourth-order valence-corrected chi connectivity index (χ4v) is 1.60. The van der Waals surface area contributed by atoms with Crippen LogP contribution >= 0.6 is 11.8 Å². The maximum Gasteiger partial charge on any atom is 0.174 e. The second-order valence-corrected chi connectivity index (χ2v) is 2.91. The van der Waals surface area contributed by atoms with Gasteiger partial charge in [0, 0.05) is 0 Å². The highest BCUT2D eigenvalue weighted by atomic mass is 32.2. The Labute approximate surface area is 62.8 Å². The number of rotatable bonds is 0. The van der Waals surface area contributed by atoms with Crippen molar-refractivity contribution in [2.75, 3.05) is 5.94 Å². The van der Waals surface area contributed by atoms with E-state index in [2.05, 4.69) is 9.97 Å². The van der Waals surface area contributed by atoms with Gasteiger partial charge in [-0.25, -0.2) is 9.97 Å². The van der Waals surface area contributed by atoms with E-state index >= 15 is 0 Å². The Balaban J connectivity index is 2.59. The van der Waals surface area contributed by atoms with Crippen molar-refractivity contribution >= 4 is 11.8 Å². The van der Waals surface area contributed by atoms with E-state index in [-0.39, 0.29) is 0 Å². The fraction of sp³-hybridized carbons (Fsp3) is 0.333. The van der Waals surface area contributed by atoms with Gasteiger partial charge in [0.2, 0.25) is 0 Å². The van der Waals surface area contributed by atoms with Gasteiger partial charge >= 0.3 is 0 Å². The van der Waals surface area contributed by atoms with Gasteiger partial charge in [-0.2, -0.15) is 0 Å². The van der Waals surface area contributed by atoms with Gasteiger partial charge in [0.25, 0.3) is 0 Å². The topological polar surface area (TPSA) is 35.0 Å². The summed E-state index contributed by atoms with van der Waals surface area (Å²) in [6.07, 6.45) is 1.57. The van der Waals surface area contributed by atoms with Crippen molar-refractivity contribution < 1.29 is 4.74 Å². The van der Waals surface area contributed by atoms with Crippen LogP contribution in [-0.4, -0.2) is 15.9 Å². The number of aryl methyl sites for hydroxylation is 1. The first-order valence-corrected chi connectivity index (χ1v) is 3.93. The molecule has 1 aliphatic heterocycles. The molecule has 0 aliphatic carbocycles. The molecule has 2 heterocycles. The van der Waals surface area contributed by atoms with Crippen LogP contribution in [0.15, 0.2) is 11.4 Å². The summed E-state index contributed by atoms with van der Waals surface area (Å²) >= 11 is 1.61. The molecule has 0 N–H and O–H groups in total. The molecule has 0 radical (unpaired) electrons. The molecule has 4 heteroatoms. The molecule has 0 fully saturated rings. The molecule has 0 atom stereocenters. The summed E-state index contributed by atoms with van der Waals surface area (Å²) in [5.74, 6) is 1.53. The number of nitrogens with zero attached hydrogens (tertiary/aromatic N) is 2. The Morgan fingerprint density at radius 1 is 1.60 bits per heavy atom. The van der Waals surface area contributed by atoms with Crippen LogP contribution in [0.5, 0.6) is 5.75 Å². The quantitative estimate of drug-likeness (QED) is 0.526. The highest BCUT2D eigenvalue weighted by Gasteiger charge is 2.16. The predicted molar refractivity (Wildman–Crippen MR) is 38.1 cm³/mol. The third-order valence-electron chi connectivity index (χ3n) is 1.35. The van der Waals surface area contributed by atoms with Crippen molar-refractivity contribution in [3.05, 3.63) is 12.0 Å². The van der Waals surface area contributed by atoms with Gasteiger partial charge in [-0.05, 0) is 6.92 Å². The fourth-order valence-electron chi connectivity index (χ4n) is 0.853. The maximum atomic E-state index is 5.27. The third kappa shape index (κ3) is 0.759.